The fourth-order valence-electron chi connectivity index (χ4n) is 5.78. The number of aryl methyl sites for hydroxylation is 1. The van der Waals surface area contributed by atoms with Gasteiger partial charge in [-0.3, -0.25) is 4.79 Å². The summed E-state index contributed by atoms with van der Waals surface area (Å²) in [6, 6.07) is 5.86. The van der Waals surface area contributed by atoms with E-state index in [-0.39, 0.29) is 10.8 Å². The Balaban J connectivity index is 1.13. The van der Waals surface area contributed by atoms with E-state index in [4.69, 9.17) is 0 Å². The second-order valence-corrected chi connectivity index (χ2v) is 14.8. The van der Waals surface area contributed by atoms with Crippen molar-refractivity contribution >= 4 is 76.3 Å². The average molecular weight is 582 g/mol. The van der Waals surface area contributed by atoms with Gasteiger partial charge in [-0.15, -0.1) is 0 Å². The van der Waals surface area contributed by atoms with Crippen LogP contribution in [0.15, 0.2) is 29.3 Å². The molecular formula is C25H26AsN6O2S2. The number of thiophene rings is 1. The van der Waals surface area contributed by atoms with E-state index in [1.807, 2.05) is 18.2 Å². The summed E-state index contributed by atoms with van der Waals surface area (Å²) in [5.41, 5.74) is 3.03. The van der Waals surface area contributed by atoms with Gasteiger partial charge >= 0.3 is 174 Å². The van der Waals surface area contributed by atoms with Crippen LogP contribution < -0.4 is 10.2 Å². The first-order chi connectivity index (χ1) is 17.6. The summed E-state index contributed by atoms with van der Waals surface area (Å²) in [7, 11) is 0. The van der Waals surface area contributed by atoms with E-state index in [0.29, 0.717) is 26.5 Å². The molecule has 2 N–H and O–H groups in total. The molecule has 8 nitrogen and oxygen atoms in total. The number of anilines is 2. The molecule has 2 atom stereocenters. The van der Waals surface area contributed by atoms with Gasteiger partial charge in [0.25, 0.3) is 0 Å². The normalized spacial score (nSPS) is 23.2. The number of H-pyrrole nitrogens is 1. The summed E-state index contributed by atoms with van der Waals surface area (Å²) in [6.07, 6.45) is 5.50. The number of amides is 1. The predicted molar refractivity (Wildman–Crippen MR) is 146 cm³/mol. The third kappa shape index (κ3) is 4.08. The van der Waals surface area contributed by atoms with Gasteiger partial charge in [0.1, 0.15) is 0 Å². The Bertz CT molecular complexity index is 1530. The van der Waals surface area contributed by atoms with Gasteiger partial charge in [0.15, 0.2) is 0 Å². The second kappa shape index (κ2) is 9.24. The van der Waals surface area contributed by atoms with Crippen molar-refractivity contribution in [1.82, 2.24) is 24.8 Å². The predicted octanol–water partition coefficient (Wildman–Crippen LogP) is 3.44. The number of carbonyl (C=O) groups is 1. The van der Waals surface area contributed by atoms with E-state index in [9.17, 15) is 9.59 Å². The molecule has 0 spiro atoms. The summed E-state index contributed by atoms with van der Waals surface area (Å²) >= 11 is 3.25. The molecule has 1 amide bonds. The monoisotopic (exact) mass is 581 g/mol. The number of aromatic nitrogens is 3. The third-order valence-electron chi connectivity index (χ3n) is 7.60. The van der Waals surface area contributed by atoms with E-state index in [1.54, 1.807) is 17.7 Å². The first-order valence-electron chi connectivity index (χ1n) is 12.5. The molecule has 7 rings (SSSR count). The van der Waals surface area contributed by atoms with Crippen LogP contribution in [0.2, 0.25) is 5.21 Å². The van der Waals surface area contributed by atoms with Crippen molar-refractivity contribution < 1.29 is 4.79 Å². The Kier molecular flexibility index (Phi) is 5.88. The Labute approximate surface area is 222 Å². The molecule has 3 aromatic heterocycles. The number of rotatable bonds is 3. The first-order valence-corrected chi connectivity index (χ1v) is 16.5. The Morgan fingerprint density at radius 2 is 2.14 bits per heavy atom. The molecular weight excluding hydrogens is 555 g/mol. The van der Waals surface area contributed by atoms with Crippen LogP contribution >= 0.6 is 22.7 Å². The number of hydrogen-bond donors (Lipinski definition) is 2. The zero-order chi connectivity index (χ0) is 24.2. The number of nitrogens with zero attached hydrogens (tertiary/aromatic N) is 4. The van der Waals surface area contributed by atoms with Crippen LogP contribution in [0.25, 0.3) is 20.4 Å². The number of fused-ring (bicyclic) bond motifs is 5. The molecule has 3 aliphatic rings. The van der Waals surface area contributed by atoms with Crippen LogP contribution in [0, 0.1) is 5.92 Å². The minimum absolute atomic E-state index is 0.0513. The number of piperazine rings is 1. The first kappa shape index (κ1) is 22.9. The number of nitrogens with one attached hydrogen (secondary N) is 2. The maximum absolute atomic E-state index is 13.5. The van der Waals surface area contributed by atoms with Crippen molar-refractivity contribution in [2.45, 2.75) is 35.7 Å². The van der Waals surface area contributed by atoms with Crippen LogP contribution in [0.5, 0.6) is 0 Å². The maximum atomic E-state index is 13.5. The molecule has 2 aliphatic heterocycles. The molecule has 0 bridgehead atoms. The van der Waals surface area contributed by atoms with Crippen molar-refractivity contribution in [1.29, 1.82) is 0 Å². The molecule has 2 fully saturated rings. The van der Waals surface area contributed by atoms with Gasteiger partial charge in [0.2, 0.25) is 0 Å². The SMILES string of the molecule is O=C(C1CCc2c(sc3ncnc(Nc4ccc5[nH]c(=O)sc5c4)c23)C1)N1CCN2CCC[As]C2C1. The van der Waals surface area contributed by atoms with Gasteiger partial charge in [0.05, 0.1) is 10.2 Å². The average Bonchev–Trinajstić information content (AvgIpc) is 3.47. The summed E-state index contributed by atoms with van der Waals surface area (Å²) in [4.78, 5) is 44.8. The van der Waals surface area contributed by atoms with Gasteiger partial charge in [-0.1, -0.05) is 11.3 Å². The van der Waals surface area contributed by atoms with Gasteiger partial charge in [-0.05, 0) is 18.2 Å². The fraction of sp³-hybridized carbons (Fsp3) is 0.440. The molecule has 2 saturated heterocycles. The summed E-state index contributed by atoms with van der Waals surface area (Å²) in [5.74, 6) is 1.22. The van der Waals surface area contributed by atoms with Gasteiger partial charge in [-0.2, -0.15) is 0 Å². The van der Waals surface area contributed by atoms with E-state index in [1.165, 1.54) is 40.0 Å². The molecule has 5 heterocycles. The number of thiazole rings is 1. The van der Waals surface area contributed by atoms with E-state index in [0.717, 1.165) is 70.8 Å². The van der Waals surface area contributed by atoms with Gasteiger partial charge < -0.3 is 4.98 Å². The van der Waals surface area contributed by atoms with Crippen LogP contribution in [0.1, 0.15) is 23.3 Å². The minimum atomic E-state index is -0.0513. The molecule has 4 aromatic rings. The second-order valence-electron chi connectivity index (χ2n) is 9.76. The fourth-order valence-corrected chi connectivity index (χ4v) is 10.8. The van der Waals surface area contributed by atoms with E-state index in [2.05, 4.69) is 30.1 Å². The zero-order valence-electron chi connectivity index (χ0n) is 19.7. The molecule has 1 aromatic carbocycles. The molecule has 1 aliphatic carbocycles. The van der Waals surface area contributed by atoms with Crippen molar-refractivity contribution in [2.75, 3.05) is 31.5 Å². The topological polar surface area (TPSA) is 94.2 Å². The molecule has 1 radical (unpaired) electrons. The van der Waals surface area contributed by atoms with Crippen LogP contribution in [0.4, 0.5) is 11.5 Å². The standard InChI is InChI=1S/C25H26AsN6O2S2/c33-24(32-9-8-31-7-1-6-26-20(31)12-32)14-2-4-16-18(10-14)35-23-21(16)22(27-13-28-23)29-15-3-5-17-19(11-15)36-25(34)30-17/h3,5,11,13-14,20H,1-2,4,6-10,12H2,(H,30,34)(H,27,28,29). The molecule has 36 heavy (non-hydrogen) atoms. The molecule has 2 unspecified atom stereocenters. The number of carbonyl (C=O) groups excluding carboxylic acids is 1. The van der Waals surface area contributed by atoms with E-state index >= 15 is 0 Å². The van der Waals surface area contributed by atoms with Crippen LogP contribution in [-0.4, -0.2) is 77.4 Å². The summed E-state index contributed by atoms with van der Waals surface area (Å²) in [5, 5.41) is 5.92. The Morgan fingerprint density at radius 1 is 1.19 bits per heavy atom. The quantitative estimate of drug-likeness (QED) is 0.360. The summed E-state index contributed by atoms with van der Waals surface area (Å²) < 4.78 is 0.917. The van der Waals surface area contributed by atoms with Crippen molar-refractivity contribution in [3.8, 4) is 0 Å². The van der Waals surface area contributed by atoms with Crippen molar-refractivity contribution in [3.63, 3.8) is 0 Å². The Morgan fingerprint density at radius 3 is 3.08 bits per heavy atom. The zero-order valence-corrected chi connectivity index (χ0v) is 23.2. The van der Waals surface area contributed by atoms with Crippen molar-refractivity contribution in [2.24, 2.45) is 5.92 Å². The van der Waals surface area contributed by atoms with Crippen LogP contribution in [-0.2, 0) is 17.6 Å². The molecule has 185 valence electrons. The van der Waals surface area contributed by atoms with Crippen molar-refractivity contribution in [3.05, 3.63) is 44.6 Å². The Hall–Kier alpha value is -2.26. The molecule has 0 saturated carbocycles. The third-order valence-corrected chi connectivity index (χ3v) is 12.7. The van der Waals surface area contributed by atoms with Gasteiger partial charge in [-0.25, -0.2) is 0 Å². The molecule has 11 heteroatoms. The van der Waals surface area contributed by atoms with Crippen LogP contribution in [0.3, 0.4) is 0 Å². The van der Waals surface area contributed by atoms with Gasteiger partial charge in [0, 0.05) is 0 Å². The summed E-state index contributed by atoms with van der Waals surface area (Å²) in [6.45, 7) is 4.08. The number of hydrogen-bond acceptors (Lipinski definition) is 8. The number of benzene rings is 1. The van der Waals surface area contributed by atoms with E-state index < -0.39 is 0 Å². The number of aromatic amines is 1.